The largest absolute Gasteiger partial charge is 0.359 e. The monoisotopic (exact) mass is 257 g/mol. The molecule has 2 aromatic rings. The van der Waals surface area contributed by atoms with Crippen LogP contribution in [0.3, 0.4) is 0 Å². The maximum atomic E-state index is 4.49. The summed E-state index contributed by atoms with van der Waals surface area (Å²) in [6, 6.07) is 4.08. The summed E-state index contributed by atoms with van der Waals surface area (Å²) >= 11 is 0. The van der Waals surface area contributed by atoms with Crippen molar-refractivity contribution in [1.29, 1.82) is 0 Å². The number of rotatable bonds is 5. The Hall–Kier alpha value is -2.17. The van der Waals surface area contributed by atoms with E-state index in [9.17, 15) is 0 Å². The summed E-state index contributed by atoms with van der Waals surface area (Å²) in [6.45, 7) is 2.93. The molecule has 0 saturated carbocycles. The van der Waals surface area contributed by atoms with Gasteiger partial charge in [0.05, 0.1) is 0 Å². The van der Waals surface area contributed by atoms with Crippen molar-refractivity contribution in [2.75, 3.05) is 30.9 Å². The highest BCUT2D eigenvalue weighted by atomic mass is 15.2. The molecule has 0 aliphatic rings. The molecule has 1 N–H and O–H groups in total. The number of nitrogens with zero attached hydrogens (tertiary/aromatic N) is 4. The number of hydrogen-bond acceptors (Lipinski definition) is 5. The van der Waals surface area contributed by atoms with Crippen LogP contribution < -0.4 is 10.2 Å². The molecule has 0 bridgehead atoms. The molecule has 19 heavy (non-hydrogen) atoms. The molecule has 5 nitrogen and oxygen atoms in total. The molecule has 0 spiro atoms. The van der Waals surface area contributed by atoms with Crippen LogP contribution in [-0.4, -0.2) is 35.6 Å². The lowest BCUT2D eigenvalue weighted by Crippen LogP contribution is -2.23. The van der Waals surface area contributed by atoms with Crippen LogP contribution >= 0.6 is 0 Å². The lowest BCUT2D eigenvalue weighted by molar-refractivity contribution is 0.849. The molecule has 0 aliphatic heterocycles. The quantitative estimate of drug-likeness (QED) is 0.886. The van der Waals surface area contributed by atoms with Crippen LogP contribution in [0.4, 0.5) is 11.8 Å². The van der Waals surface area contributed by atoms with Crippen LogP contribution in [0, 0.1) is 6.92 Å². The molecule has 0 atom stereocenters. The maximum absolute atomic E-state index is 4.49. The maximum Gasteiger partial charge on any atom is 0.224 e. The minimum atomic E-state index is 0.649. The number of nitrogens with one attached hydrogen (secondary N) is 1. The van der Waals surface area contributed by atoms with E-state index in [0.29, 0.717) is 5.95 Å². The summed E-state index contributed by atoms with van der Waals surface area (Å²) in [4.78, 5) is 14.9. The summed E-state index contributed by atoms with van der Waals surface area (Å²) in [6.07, 6.45) is 6.46. The molecule has 0 aromatic carbocycles. The smallest absolute Gasteiger partial charge is 0.224 e. The average Bonchev–Trinajstić information content (AvgIpc) is 2.46. The Balaban J connectivity index is 2.05. The average molecular weight is 257 g/mol. The Bertz CT molecular complexity index is 527. The van der Waals surface area contributed by atoms with E-state index in [1.165, 1.54) is 5.56 Å². The third-order valence-electron chi connectivity index (χ3n) is 3.02. The zero-order valence-corrected chi connectivity index (χ0v) is 11.6. The molecule has 0 unspecified atom stereocenters. The predicted molar refractivity (Wildman–Crippen MR) is 77.5 cm³/mol. The number of aromatic nitrogens is 3. The van der Waals surface area contributed by atoms with Crippen molar-refractivity contribution in [2.24, 2.45) is 0 Å². The van der Waals surface area contributed by atoms with Crippen molar-refractivity contribution in [1.82, 2.24) is 15.0 Å². The van der Waals surface area contributed by atoms with Crippen molar-refractivity contribution in [3.8, 4) is 0 Å². The summed E-state index contributed by atoms with van der Waals surface area (Å²) < 4.78 is 0. The zero-order chi connectivity index (χ0) is 13.7. The van der Waals surface area contributed by atoms with E-state index in [2.05, 4.69) is 32.2 Å². The highest BCUT2D eigenvalue weighted by Crippen LogP contribution is 2.16. The second kappa shape index (κ2) is 6.13. The van der Waals surface area contributed by atoms with Gasteiger partial charge in [-0.2, -0.15) is 4.98 Å². The van der Waals surface area contributed by atoms with Crippen molar-refractivity contribution < 1.29 is 0 Å². The molecule has 2 heterocycles. The normalized spacial score (nSPS) is 10.3. The van der Waals surface area contributed by atoms with E-state index in [0.717, 1.165) is 24.3 Å². The molecule has 2 rings (SSSR count). The molecule has 100 valence electrons. The first-order chi connectivity index (χ1) is 9.20. The van der Waals surface area contributed by atoms with Gasteiger partial charge in [0, 0.05) is 44.8 Å². The van der Waals surface area contributed by atoms with Gasteiger partial charge in [0.1, 0.15) is 5.82 Å². The van der Waals surface area contributed by atoms with Crippen LogP contribution in [0.5, 0.6) is 0 Å². The fraction of sp³-hybridized carbons (Fsp3) is 0.357. The van der Waals surface area contributed by atoms with Crippen LogP contribution in [-0.2, 0) is 6.42 Å². The summed E-state index contributed by atoms with van der Waals surface area (Å²) in [5, 5.41) is 2.97. The second-order valence-electron chi connectivity index (χ2n) is 4.48. The third kappa shape index (κ3) is 3.40. The molecule has 0 radical (unpaired) electrons. The van der Waals surface area contributed by atoms with E-state index in [-0.39, 0.29) is 0 Å². The van der Waals surface area contributed by atoms with Gasteiger partial charge in [0.25, 0.3) is 0 Å². The van der Waals surface area contributed by atoms with Crippen molar-refractivity contribution in [2.45, 2.75) is 13.3 Å². The molecule has 5 heteroatoms. The van der Waals surface area contributed by atoms with E-state index < -0.39 is 0 Å². The van der Waals surface area contributed by atoms with Crippen molar-refractivity contribution in [3.63, 3.8) is 0 Å². The fourth-order valence-electron chi connectivity index (χ4n) is 1.89. The van der Waals surface area contributed by atoms with Gasteiger partial charge in [-0.15, -0.1) is 0 Å². The number of hydrogen-bond donors (Lipinski definition) is 1. The molecule has 0 aliphatic carbocycles. The number of aryl methyl sites for hydroxylation is 1. The standard InChI is InChI=1S/C14H19N5/c1-11-10-17-14(15-2)18-13(11)19(3)9-6-12-4-7-16-8-5-12/h4-5,7-8,10H,6,9H2,1-3H3,(H,15,17,18). The van der Waals surface area contributed by atoms with Crippen LogP contribution in [0.1, 0.15) is 11.1 Å². The van der Waals surface area contributed by atoms with Crippen LogP contribution in [0.15, 0.2) is 30.7 Å². The van der Waals surface area contributed by atoms with Crippen molar-refractivity contribution >= 4 is 11.8 Å². The van der Waals surface area contributed by atoms with Gasteiger partial charge in [-0.1, -0.05) is 0 Å². The minimum Gasteiger partial charge on any atom is -0.359 e. The first-order valence-electron chi connectivity index (χ1n) is 6.32. The lowest BCUT2D eigenvalue weighted by atomic mass is 10.2. The number of likely N-dealkylation sites (N-methyl/N-ethyl adjacent to an activating group) is 1. The highest BCUT2D eigenvalue weighted by molar-refractivity contribution is 5.48. The Morgan fingerprint density at radius 1 is 1.26 bits per heavy atom. The van der Waals surface area contributed by atoms with Crippen LogP contribution in [0.25, 0.3) is 0 Å². The Kier molecular flexibility index (Phi) is 4.28. The molecular weight excluding hydrogens is 238 g/mol. The van der Waals surface area contributed by atoms with E-state index >= 15 is 0 Å². The third-order valence-corrected chi connectivity index (χ3v) is 3.02. The van der Waals surface area contributed by atoms with Gasteiger partial charge in [-0.3, -0.25) is 4.98 Å². The predicted octanol–water partition coefficient (Wildman–Crippen LogP) is 1.90. The molecule has 0 fully saturated rings. The first-order valence-corrected chi connectivity index (χ1v) is 6.32. The summed E-state index contributed by atoms with van der Waals surface area (Å²) in [5.74, 6) is 1.62. The van der Waals surface area contributed by atoms with Crippen molar-refractivity contribution in [3.05, 3.63) is 41.9 Å². The summed E-state index contributed by atoms with van der Waals surface area (Å²) in [5.41, 5.74) is 2.36. The first kappa shape index (κ1) is 13.3. The molecule has 0 saturated heterocycles. The second-order valence-corrected chi connectivity index (χ2v) is 4.48. The number of pyridine rings is 1. The lowest BCUT2D eigenvalue weighted by Gasteiger charge is -2.20. The van der Waals surface area contributed by atoms with Gasteiger partial charge in [-0.05, 0) is 31.0 Å². The Labute approximate surface area is 113 Å². The fourth-order valence-corrected chi connectivity index (χ4v) is 1.89. The molecule has 0 amide bonds. The number of anilines is 2. The van der Waals surface area contributed by atoms with Gasteiger partial charge < -0.3 is 10.2 Å². The molecule has 2 aromatic heterocycles. The van der Waals surface area contributed by atoms with Gasteiger partial charge in [0.2, 0.25) is 5.95 Å². The van der Waals surface area contributed by atoms with Gasteiger partial charge >= 0.3 is 0 Å². The Morgan fingerprint density at radius 2 is 2.00 bits per heavy atom. The van der Waals surface area contributed by atoms with Crippen LogP contribution in [0.2, 0.25) is 0 Å². The minimum absolute atomic E-state index is 0.649. The highest BCUT2D eigenvalue weighted by Gasteiger charge is 2.08. The topological polar surface area (TPSA) is 53.9 Å². The summed E-state index contributed by atoms with van der Waals surface area (Å²) in [7, 11) is 3.88. The SMILES string of the molecule is CNc1ncc(C)c(N(C)CCc2ccncc2)n1. The van der Waals surface area contributed by atoms with E-state index in [4.69, 9.17) is 0 Å². The van der Waals surface area contributed by atoms with E-state index in [1.54, 1.807) is 0 Å². The van der Waals surface area contributed by atoms with Gasteiger partial charge in [0.15, 0.2) is 0 Å². The zero-order valence-electron chi connectivity index (χ0n) is 11.6. The van der Waals surface area contributed by atoms with E-state index in [1.807, 2.05) is 44.7 Å². The molecular formula is C14H19N5. The Morgan fingerprint density at radius 3 is 2.68 bits per heavy atom. The van der Waals surface area contributed by atoms with Gasteiger partial charge in [-0.25, -0.2) is 4.98 Å².